The fraction of sp³-hybridized carbons (Fsp3) is 0.556. The number of hydrogen-bond acceptors (Lipinski definition) is 3. The lowest BCUT2D eigenvalue weighted by atomic mass is 10.2. The van der Waals surface area contributed by atoms with Crippen molar-refractivity contribution in [1.82, 2.24) is 14.9 Å². The maximum absolute atomic E-state index is 13.4. The molecular formula is C18H24FN3O2. The van der Waals surface area contributed by atoms with Gasteiger partial charge in [-0.15, -0.1) is 0 Å². The summed E-state index contributed by atoms with van der Waals surface area (Å²) in [5, 5.41) is 2.75. The highest BCUT2D eigenvalue weighted by atomic mass is 19.1. The van der Waals surface area contributed by atoms with Crippen LogP contribution in [0.25, 0.3) is 11.0 Å². The van der Waals surface area contributed by atoms with Crippen molar-refractivity contribution in [3.8, 4) is 0 Å². The highest BCUT2D eigenvalue weighted by Gasteiger charge is 2.24. The molecule has 1 N–H and O–H groups in total. The fourth-order valence-electron chi connectivity index (χ4n) is 2.70. The molecule has 0 atom stereocenters. The number of carbonyl (C=O) groups excluding carboxylic acids is 1. The molecule has 1 aromatic carbocycles. The molecule has 0 spiro atoms. The molecule has 3 rings (SSSR count). The smallest absolute Gasteiger partial charge is 0.407 e. The average Bonchev–Trinajstić information content (AvgIpc) is 3.20. The van der Waals surface area contributed by atoms with Crippen molar-refractivity contribution >= 4 is 17.1 Å². The first-order valence-electron chi connectivity index (χ1n) is 8.43. The number of ether oxygens (including phenoxy) is 1. The van der Waals surface area contributed by atoms with Gasteiger partial charge >= 0.3 is 6.09 Å². The van der Waals surface area contributed by atoms with E-state index in [4.69, 9.17) is 4.74 Å². The Labute approximate surface area is 141 Å². The predicted molar refractivity (Wildman–Crippen MR) is 90.4 cm³/mol. The molecule has 0 aliphatic heterocycles. The number of nitrogens with one attached hydrogen (secondary N) is 1. The minimum atomic E-state index is -0.513. The summed E-state index contributed by atoms with van der Waals surface area (Å²) in [7, 11) is 0. The summed E-state index contributed by atoms with van der Waals surface area (Å²) in [5.74, 6) is 1.28. The van der Waals surface area contributed by atoms with E-state index < -0.39 is 11.7 Å². The quantitative estimate of drug-likeness (QED) is 0.908. The molecule has 1 aliphatic rings. The van der Waals surface area contributed by atoms with E-state index in [1.54, 1.807) is 6.07 Å². The number of fused-ring (bicyclic) bond motifs is 1. The number of rotatable bonds is 5. The molecule has 1 fully saturated rings. The van der Waals surface area contributed by atoms with Crippen molar-refractivity contribution in [1.29, 1.82) is 0 Å². The Morgan fingerprint density at radius 1 is 1.42 bits per heavy atom. The normalized spacial score (nSPS) is 14.8. The Bertz CT molecular complexity index is 745. The van der Waals surface area contributed by atoms with Gasteiger partial charge in [-0.3, -0.25) is 0 Å². The van der Waals surface area contributed by atoms with Crippen LogP contribution in [0.3, 0.4) is 0 Å². The van der Waals surface area contributed by atoms with Crippen LogP contribution in [0.2, 0.25) is 0 Å². The zero-order valence-electron chi connectivity index (χ0n) is 14.4. The van der Waals surface area contributed by atoms with Crippen molar-refractivity contribution in [2.75, 3.05) is 6.54 Å². The maximum atomic E-state index is 13.4. The third-order valence-electron chi connectivity index (χ3n) is 3.94. The Morgan fingerprint density at radius 3 is 2.83 bits per heavy atom. The lowest BCUT2D eigenvalue weighted by molar-refractivity contribution is 0.0528. The molecule has 1 saturated carbocycles. The number of halogens is 1. The number of benzene rings is 1. The van der Waals surface area contributed by atoms with Crippen LogP contribution in [0.1, 0.15) is 39.4 Å². The molecule has 0 bridgehead atoms. The number of aromatic nitrogens is 2. The number of nitrogens with zero attached hydrogens (tertiary/aromatic N) is 2. The van der Waals surface area contributed by atoms with Crippen molar-refractivity contribution in [2.24, 2.45) is 5.92 Å². The molecule has 1 aromatic heterocycles. The highest BCUT2D eigenvalue weighted by molar-refractivity contribution is 5.76. The van der Waals surface area contributed by atoms with Crippen LogP contribution in [0, 0.1) is 11.7 Å². The van der Waals surface area contributed by atoms with E-state index >= 15 is 0 Å². The molecule has 0 saturated heterocycles. The number of hydrogen-bond donors (Lipinski definition) is 1. The number of alkyl carbamates (subject to hydrolysis) is 1. The molecule has 1 aliphatic carbocycles. The van der Waals surface area contributed by atoms with Crippen LogP contribution >= 0.6 is 0 Å². The van der Waals surface area contributed by atoms with Gasteiger partial charge in [0.05, 0.1) is 11.0 Å². The van der Waals surface area contributed by atoms with Gasteiger partial charge in [-0.2, -0.15) is 0 Å². The Hall–Kier alpha value is -2.11. The van der Waals surface area contributed by atoms with Crippen molar-refractivity contribution < 1.29 is 13.9 Å². The Kier molecular flexibility index (Phi) is 4.47. The highest BCUT2D eigenvalue weighted by Crippen LogP contribution is 2.32. The molecule has 24 heavy (non-hydrogen) atoms. The summed E-state index contributed by atoms with van der Waals surface area (Å²) in [5.41, 5.74) is 1.11. The zero-order chi connectivity index (χ0) is 17.3. The molecule has 1 amide bonds. The maximum Gasteiger partial charge on any atom is 0.407 e. The third-order valence-corrected chi connectivity index (χ3v) is 3.94. The first kappa shape index (κ1) is 16.7. The van der Waals surface area contributed by atoms with Gasteiger partial charge in [-0.1, -0.05) is 0 Å². The summed E-state index contributed by atoms with van der Waals surface area (Å²) in [6.07, 6.45) is 2.62. The van der Waals surface area contributed by atoms with Gasteiger partial charge < -0.3 is 14.6 Å². The summed E-state index contributed by atoms with van der Waals surface area (Å²) >= 11 is 0. The number of carbonyl (C=O) groups is 1. The minimum absolute atomic E-state index is 0.281. The van der Waals surface area contributed by atoms with Gasteiger partial charge in [-0.25, -0.2) is 14.2 Å². The van der Waals surface area contributed by atoms with Crippen LogP contribution in [0.5, 0.6) is 0 Å². The van der Waals surface area contributed by atoms with Crippen LogP contribution in [0.15, 0.2) is 18.2 Å². The topological polar surface area (TPSA) is 56.1 Å². The molecule has 5 nitrogen and oxygen atoms in total. The lowest BCUT2D eigenvalue weighted by Gasteiger charge is -2.19. The second-order valence-corrected chi connectivity index (χ2v) is 7.39. The van der Waals surface area contributed by atoms with Gasteiger partial charge in [0.1, 0.15) is 17.2 Å². The van der Waals surface area contributed by atoms with Gasteiger partial charge in [0, 0.05) is 25.6 Å². The van der Waals surface area contributed by atoms with Crippen molar-refractivity contribution in [3.05, 3.63) is 29.8 Å². The Balaban J connectivity index is 1.70. The Morgan fingerprint density at radius 2 is 2.17 bits per heavy atom. The largest absolute Gasteiger partial charge is 0.444 e. The van der Waals surface area contributed by atoms with Gasteiger partial charge in [0.15, 0.2) is 0 Å². The third kappa shape index (κ3) is 4.24. The van der Waals surface area contributed by atoms with Crippen LogP contribution < -0.4 is 5.32 Å². The zero-order valence-corrected chi connectivity index (χ0v) is 14.4. The van der Waals surface area contributed by atoms with Crippen molar-refractivity contribution in [3.63, 3.8) is 0 Å². The van der Waals surface area contributed by atoms with Gasteiger partial charge in [-0.05, 0) is 51.7 Å². The molecule has 0 unspecified atom stereocenters. The summed E-state index contributed by atoms with van der Waals surface area (Å²) in [6, 6.07) is 4.71. The molecule has 130 valence electrons. The monoisotopic (exact) mass is 333 g/mol. The van der Waals surface area contributed by atoms with Crippen molar-refractivity contribution in [2.45, 2.75) is 52.2 Å². The standard InChI is InChI=1S/C18H24FN3O2/c1-18(2,3)24-17(23)20-9-8-16-21-14-10-13(19)6-7-15(14)22(16)11-12-4-5-12/h6-7,10,12H,4-5,8-9,11H2,1-3H3,(H,20,23). The second kappa shape index (κ2) is 6.42. The van der Waals surface area contributed by atoms with E-state index in [1.807, 2.05) is 20.8 Å². The molecule has 2 aromatic rings. The molecular weight excluding hydrogens is 309 g/mol. The van der Waals surface area contributed by atoms with E-state index in [1.165, 1.54) is 25.0 Å². The summed E-state index contributed by atoms with van der Waals surface area (Å²) in [6.45, 7) is 6.83. The number of amides is 1. The van der Waals surface area contributed by atoms with E-state index in [2.05, 4.69) is 14.9 Å². The average molecular weight is 333 g/mol. The van der Waals surface area contributed by atoms with E-state index in [-0.39, 0.29) is 5.82 Å². The lowest BCUT2D eigenvalue weighted by Crippen LogP contribution is -2.33. The molecule has 6 heteroatoms. The molecule has 1 heterocycles. The second-order valence-electron chi connectivity index (χ2n) is 7.39. The summed E-state index contributed by atoms with van der Waals surface area (Å²) < 4.78 is 20.8. The molecule has 0 radical (unpaired) electrons. The summed E-state index contributed by atoms with van der Waals surface area (Å²) in [4.78, 5) is 16.3. The SMILES string of the molecule is CC(C)(C)OC(=O)NCCc1nc2cc(F)ccc2n1CC1CC1. The first-order valence-corrected chi connectivity index (χ1v) is 8.43. The van der Waals surface area contributed by atoms with Gasteiger partial charge in [0.2, 0.25) is 0 Å². The van der Waals surface area contributed by atoms with E-state index in [0.29, 0.717) is 24.4 Å². The fourth-order valence-corrected chi connectivity index (χ4v) is 2.70. The van der Waals surface area contributed by atoms with Crippen LogP contribution in [-0.4, -0.2) is 27.8 Å². The van der Waals surface area contributed by atoms with Gasteiger partial charge in [0.25, 0.3) is 0 Å². The van der Waals surface area contributed by atoms with Crippen LogP contribution in [0.4, 0.5) is 9.18 Å². The predicted octanol–water partition coefficient (Wildman–Crippen LogP) is 3.65. The van der Waals surface area contributed by atoms with E-state index in [0.717, 1.165) is 17.9 Å². The minimum Gasteiger partial charge on any atom is -0.444 e. The van der Waals surface area contributed by atoms with Crippen LogP contribution in [-0.2, 0) is 17.7 Å². The number of imidazole rings is 1. The first-order chi connectivity index (χ1) is 11.3. The van der Waals surface area contributed by atoms with E-state index in [9.17, 15) is 9.18 Å².